The molecule has 0 saturated carbocycles. The summed E-state index contributed by atoms with van der Waals surface area (Å²) < 4.78 is 11.0. The molecule has 3 rings (SSSR count). The predicted octanol–water partition coefficient (Wildman–Crippen LogP) is 2.32. The number of fused-ring (bicyclic) bond motifs is 1. The fraction of sp³-hybridized carbons (Fsp3) is 0.562. The van der Waals surface area contributed by atoms with Crippen LogP contribution in [0.4, 0.5) is 5.69 Å². The molecule has 0 spiro atoms. The summed E-state index contributed by atoms with van der Waals surface area (Å²) >= 11 is 0. The molecule has 21 heavy (non-hydrogen) atoms. The first-order valence-electron chi connectivity index (χ1n) is 7.70. The molecule has 5 nitrogen and oxygen atoms in total. The van der Waals surface area contributed by atoms with Gasteiger partial charge < -0.3 is 20.1 Å². The minimum atomic E-state index is -0.415. The van der Waals surface area contributed by atoms with Gasteiger partial charge in [-0.15, -0.1) is 0 Å². The molecule has 2 aliphatic heterocycles. The first-order valence-corrected chi connectivity index (χ1v) is 7.70. The first kappa shape index (κ1) is 14.2. The second-order valence-electron chi connectivity index (χ2n) is 5.67. The average molecular weight is 290 g/mol. The van der Waals surface area contributed by atoms with Crippen LogP contribution in [-0.2, 0) is 4.79 Å². The molecule has 5 heteroatoms. The van der Waals surface area contributed by atoms with Gasteiger partial charge in [-0.3, -0.25) is 4.79 Å². The monoisotopic (exact) mass is 290 g/mol. The van der Waals surface area contributed by atoms with Gasteiger partial charge in [0.1, 0.15) is 13.2 Å². The molecule has 1 aromatic carbocycles. The van der Waals surface area contributed by atoms with Crippen molar-refractivity contribution in [1.29, 1.82) is 0 Å². The number of carbonyl (C=O) groups is 1. The minimum absolute atomic E-state index is 0.0542. The Balaban J connectivity index is 1.74. The van der Waals surface area contributed by atoms with E-state index in [1.54, 1.807) is 0 Å². The van der Waals surface area contributed by atoms with E-state index >= 15 is 0 Å². The van der Waals surface area contributed by atoms with Gasteiger partial charge in [0.25, 0.3) is 0 Å². The number of amides is 1. The van der Waals surface area contributed by atoms with Crippen molar-refractivity contribution in [2.75, 3.05) is 25.1 Å². The van der Waals surface area contributed by atoms with E-state index in [1.165, 1.54) is 0 Å². The molecule has 0 bridgehead atoms. The molecule has 1 fully saturated rings. The van der Waals surface area contributed by atoms with Crippen LogP contribution in [0.25, 0.3) is 0 Å². The fourth-order valence-corrected chi connectivity index (χ4v) is 3.13. The van der Waals surface area contributed by atoms with Crippen LogP contribution in [0.5, 0.6) is 11.5 Å². The Hall–Kier alpha value is -1.75. The lowest BCUT2D eigenvalue weighted by Crippen LogP contribution is -2.50. The molecule has 0 radical (unpaired) electrons. The summed E-state index contributed by atoms with van der Waals surface area (Å²) in [5.74, 6) is 1.49. The number of hydrogen-bond donors (Lipinski definition) is 2. The maximum atomic E-state index is 12.6. The van der Waals surface area contributed by atoms with E-state index in [4.69, 9.17) is 9.47 Å². The van der Waals surface area contributed by atoms with Crippen molar-refractivity contribution in [2.24, 2.45) is 0 Å². The van der Waals surface area contributed by atoms with E-state index in [1.807, 2.05) is 18.2 Å². The molecule has 114 valence electrons. The number of hydrogen-bond acceptors (Lipinski definition) is 4. The molecule has 2 aliphatic rings. The lowest BCUT2D eigenvalue weighted by atomic mass is 9.91. The van der Waals surface area contributed by atoms with Gasteiger partial charge in [0, 0.05) is 11.8 Å². The third-order valence-electron chi connectivity index (χ3n) is 4.16. The van der Waals surface area contributed by atoms with Gasteiger partial charge in [-0.2, -0.15) is 0 Å². The zero-order chi connectivity index (χ0) is 14.7. The molecule has 1 unspecified atom stereocenters. The number of nitrogens with one attached hydrogen (secondary N) is 2. The topological polar surface area (TPSA) is 59.6 Å². The van der Waals surface area contributed by atoms with Gasteiger partial charge >= 0.3 is 0 Å². The molecule has 0 aromatic heterocycles. The SMILES string of the molecule is CCCC1(C(=O)Nc2ccc3c(c2)OCCO3)CCCN1. The largest absolute Gasteiger partial charge is 0.486 e. The number of anilines is 1. The summed E-state index contributed by atoms with van der Waals surface area (Å²) in [6.45, 7) is 4.14. The Bertz CT molecular complexity index is 524. The molecule has 0 aliphatic carbocycles. The summed E-state index contributed by atoms with van der Waals surface area (Å²) in [7, 11) is 0. The Kier molecular flexibility index (Phi) is 4.01. The summed E-state index contributed by atoms with van der Waals surface area (Å²) in [6.07, 6.45) is 3.80. The van der Waals surface area contributed by atoms with Crippen LogP contribution < -0.4 is 20.1 Å². The Morgan fingerprint density at radius 1 is 1.33 bits per heavy atom. The first-order chi connectivity index (χ1) is 10.2. The van der Waals surface area contributed by atoms with E-state index in [9.17, 15) is 4.79 Å². The molecule has 1 amide bonds. The highest BCUT2D eigenvalue weighted by Crippen LogP contribution is 2.33. The normalized spacial score (nSPS) is 23.9. The quantitative estimate of drug-likeness (QED) is 0.893. The lowest BCUT2D eigenvalue weighted by Gasteiger charge is -2.28. The summed E-state index contributed by atoms with van der Waals surface area (Å²) in [6, 6.07) is 5.54. The van der Waals surface area contributed by atoms with Gasteiger partial charge in [0.2, 0.25) is 5.91 Å². The highest BCUT2D eigenvalue weighted by molar-refractivity contribution is 5.98. The van der Waals surface area contributed by atoms with Gasteiger partial charge in [0.15, 0.2) is 11.5 Å². The van der Waals surface area contributed by atoms with Crippen molar-refractivity contribution in [3.05, 3.63) is 18.2 Å². The minimum Gasteiger partial charge on any atom is -0.486 e. The van der Waals surface area contributed by atoms with Crippen molar-refractivity contribution in [1.82, 2.24) is 5.32 Å². The fourth-order valence-electron chi connectivity index (χ4n) is 3.13. The lowest BCUT2D eigenvalue weighted by molar-refractivity contribution is -0.122. The standard InChI is InChI=1S/C16H22N2O3/c1-2-6-16(7-3-8-17-16)15(19)18-12-4-5-13-14(11-12)21-10-9-20-13/h4-5,11,17H,2-3,6-10H2,1H3,(H,18,19). The second kappa shape index (κ2) is 5.93. The van der Waals surface area contributed by atoms with Crippen LogP contribution in [0.1, 0.15) is 32.6 Å². The van der Waals surface area contributed by atoms with Crippen molar-refractivity contribution in [2.45, 2.75) is 38.1 Å². The Morgan fingerprint density at radius 3 is 2.86 bits per heavy atom. The van der Waals surface area contributed by atoms with Crippen LogP contribution in [-0.4, -0.2) is 31.2 Å². The van der Waals surface area contributed by atoms with E-state index in [-0.39, 0.29) is 5.91 Å². The molecular formula is C16H22N2O3. The molecular weight excluding hydrogens is 268 g/mol. The third-order valence-corrected chi connectivity index (χ3v) is 4.16. The van der Waals surface area contributed by atoms with Crippen LogP contribution in [0.3, 0.4) is 0 Å². The molecule has 1 saturated heterocycles. The molecule has 2 heterocycles. The third kappa shape index (κ3) is 2.83. The van der Waals surface area contributed by atoms with Crippen molar-refractivity contribution in [3.63, 3.8) is 0 Å². The van der Waals surface area contributed by atoms with Gasteiger partial charge in [-0.05, 0) is 37.9 Å². The van der Waals surface area contributed by atoms with E-state index in [0.717, 1.165) is 43.7 Å². The number of carbonyl (C=O) groups excluding carboxylic acids is 1. The van der Waals surface area contributed by atoms with Crippen LogP contribution >= 0.6 is 0 Å². The van der Waals surface area contributed by atoms with Crippen molar-refractivity contribution >= 4 is 11.6 Å². The maximum Gasteiger partial charge on any atom is 0.244 e. The van der Waals surface area contributed by atoms with E-state index in [0.29, 0.717) is 19.0 Å². The van der Waals surface area contributed by atoms with Gasteiger partial charge in [-0.25, -0.2) is 0 Å². The van der Waals surface area contributed by atoms with E-state index < -0.39 is 5.54 Å². The maximum absolute atomic E-state index is 12.6. The Morgan fingerprint density at radius 2 is 2.14 bits per heavy atom. The number of ether oxygens (including phenoxy) is 2. The zero-order valence-electron chi connectivity index (χ0n) is 12.4. The second-order valence-corrected chi connectivity index (χ2v) is 5.67. The molecule has 1 aromatic rings. The predicted molar refractivity (Wildman–Crippen MR) is 80.9 cm³/mol. The average Bonchev–Trinajstić information content (AvgIpc) is 2.97. The van der Waals surface area contributed by atoms with Gasteiger partial charge in [0.05, 0.1) is 5.54 Å². The molecule has 2 N–H and O–H groups in total. The zero-order valence-corrected chi connectivity index (χ0v) is 12.4. The summed E-state index contributed by atoms with van der Waals surface area (Å²) in [4.78, 5) is 12.6. The van der Waals surface area contributed by atoms with E-state index in [2.05, 4.69) is 17.6 Å². The number of benzene rings is 1. The smallest absolute Gasteiger partial charge is 0.244 e. The van der Waals surface area contributed by atoms with Gasteiger partial charge in [-0.1, -0.05) is 13.3 Å². The van der Waals surface area contributed by atoms with Crippen LogP contribution in [0.2, 0.25) is 0 Å². The van der Waals surface area contributed by atoms with Crippen molar-refractivity contribution in [3.8, 4) is 11.5 Å². The Labute approximate surface area is 125 Å². The van der Waals surface area contributed by atoms with Crippen LogP contribution in [0.15, 0.2) is 18.2 Å². The summed E-state index contributed by atoms with van der Waals surface area (Å²) in [5, 5.41) is 6.41. The number of rotatable bonds is 4. The van der Waals surface area contributed by atoms with Crippen molar-refractivity contribution < 1.29 is 14.3 Å². The highest BCUT2D eigenvalue weighted by Gasteiger charge is 2.39. The molecule has 1 atom stereocenters. The van der Waals surface area contributed by atoms with Crippen LogP contribution in [0, 0.1) is 0 Å². The summed E-state index contributed by atoms with van der Waals surface area (Å²) in [5.41, 5.74) is 0.343. The highest BCUT2D eigenvalue weighted by atomic mass is 16.6.